The summed E-state index contributed by atoms with van der Waals surface area (Å²) in [7, 11) is 0. The van der Waals surface area contributed by atoms with Crippen LogP contribution in [0.2, 0.25) is 0 Å². The van der Waals surface area contributed by atoms with Crippen molar-refractivity contribution < 1.29 is 0 Å². The summed E-state index contributed by atoms with van der Waals surface area (Å²) in [6, 6.07) is 0.514. The number of nitrogens with zero attached hydrogens (tertiary/aromatic N) is 2. The molecule has 2 heterocycles. The summed E-state index contributed by atoms with van der Waals surface area (Å²) in [5, 5.41) is 3.32. The summed E-state index contributed by atoms with van der Waals surface area (Å²) in [6.07, 6.45) is 4.23. The van der Waals surface area contributed by atoms with Gasteiger partial charge in [-0.3, -0.25) is 0 Å². The second-order valence-corrected chi connectivity index (χ2v) is 4.12. The highest BCUT2D eigenvalue weighted by atomic mass is 79.9. The first-order valence-electron chi connectivity index (χ1n) is 4.48. The Morgan fingerprint density at radius 1 is 1.54 bits per heavy atom. The normalized spacial score (nSPS) is 19.2. The summed E-state index contributed by atoms with van der Waals surface area (Å²) in [5.41, 5.74) is 5.77. The average Bonchev–Trinajstić information content (AvgIpc) is 2.47. The molecule has 0 radical (unpaired) electrons. The number of aromatic nitrogens is 2. The lowest BCUT2D eigenvalue weighted by Crippen LogP contribution is -2.29. The number of nitrogen functional groups attached to an aromatic ring is 1. The number of anilines is 1. The van der Waals surface area contributed by atoms with Crippen LogP contribution in [-0.2, 0) is 0 Å². The Kier molecular flexibility index (Phi) is 2.55. The Morgan fingerprint density at radius 2 is 2.23 bits per heavy atom. The van der Waals surface area contributed by atoms with Crippen molar-refractivity contribution in [1.29, 1.82) is 0 Å². The molecule has 1 aromatic rings. The van der Waals surface area contributed by atoms with E-state index in [-0.39, 0.29) is 0 Å². The molecule has 0 atom stereocenters. The molecule has 0 unspecified atom stereocenters. The predicted molar refractivity (Wildman–Crippen MR) is 55.5 cm³/mol. The molecule has 4 nitrogen and oxygen atoms in total. The number of hydrogen-bond donors (Lipinski definition) is 2. The lowest BCUT2D eigenvalue weighted by molar-refractivity contribution is 0.371. The molecule has 72 valence electrons. The van der Waals surface area contributed by atoms with Gasteiger partial charge in [-0.15, -0.1) is 0 Å². The minimum absolute atomic E-state index is 0.514. The molecule has 5 heteroatoms. The van der Waals surface area contributed by atoms with Crippen molar-refractivity contribution in [2.75, 3.05) is 18.8 Å². The van der Waals surface area contributed by atoms with Crippen molar-refractivity contribution in [3.05, 3.63) is 10.8 Å². The first kappa shape index (κ1) is 9.02. The third-order valence-electron chi connectivity index (χ3n) is 2.43. The van der Waals surface area contributed by atoms with Gasteiger partial charge in [0.1, 0.15) is 4.60 Å². The van der Waals surface area contributed by atoms with Crippen LogP contribution in [-0.4, -0.2) is 22.6 Å². The van der Waals surface area contributed by atoms with Gasteiger partial charge in [0.15, 0.2) is 0 Å². The van der Waals surface area contributed by atoms with Gasteiger partial charge >= 0.3 is 0 Å². The highest BCUT2D eigenvalue weighted by Gasteiger charge is 2.17. The van der Waals surface area contributed by atoms with E-state index in [9.17, 15) is 0 Å². The minimum atomic E-state index is 0.514. The lowest BCUT2D eigenvalue weighted by Gasteiger charge is -2.24. The van der Waals surface area contributed by atoms with Gasteiger partial charge in [-0.2, -0.15) is 0 Å². The molecular weight excluding hydrogens is 232 g/mol. The maximum absolute atomic E-state index is 5.77. The minimum Gasteiger partial charge on any atom is -0.369 e. The van der Waals surface area contributed by atoms with E-state index in [1.165, 1.54) is 0 Å². The number of hydrogen-bond acceptors (Lipinski definition) is 3. The van der Waals surface area contributed by atoms with Crippen LogP contribution in [0.3, 0.4) is 0 Å². The van der Waals surface area contributed by atoms with Crippen LogP contribution in [0.4, 0.5) is 5.95 Å². The van der Waals surface area contributed by atoms with Crippen LogP contribution in [0.25, 0.3) is 0 Å². The highest BCUT2D eigenvalue weighted by molar-refractivity contribution is 9.10. The summed E-state index contributed by atoms with van der Waals surface area (Å²) < 4.78 is 2.88. The maximum Gasteiger partial charge on any atom is 0.201 e. The van der Waals surface area contributed by atoms with E-state index in [0.29, 0.717) is 12.0 Å². The van der Waals surface area contributed by atoms with Crippen molar-refractivity contribution in [3.8, 4) is 0 Å². The van der Waals surface area contributed by atoms with E-state index in [1.807, 2.05) is 6.20 Å². The first-order valence-corrected chi connectivity index (χ1v) is 5.27. The fourth-order valence-electron chi connectivity index (χ4n) is 1.75. The van der Waals surface area contributed by atoms with Gasteiger partial charge in [-0.05, 0) is 41.9 Å². The number of halogens is 1. The SMILES string of the molecule is Nc1nc(Br)cn1C1CCNCC1. The molecule has 1 aromatic heterocycles. The zero-order chi connectivity index (χ0) is 9.26. The van der Waals surface area contributed by atoms with Crippen LogP contribution < -0.4 is 11.1 Å². The molecule has 13 heavy (non-hydrogen) atoms. The third kappa shape index (κ3) is 1.86. The van der Waals surface area contributed by atoms with Gasteiger partial charge < -0.3 is 15.6 Å². The Bertz CT molecular complexity index is 290. The Balaban J connectivity index is 2.18. The molecule has 1 aliphatic heterocycles. The molecule has 0 spiro atoms. The molecule has 1 saturated heterocycles. The van der Waals surface area contributed by atoms with Crippen molar-refractivity contribution in [2.45, 2.75) is 18.9 Å². The lowest BCUT2D eigenvalue weighted by atomic mass is 10.1. The van der Waals surface area contributed by atoms with Gasteiger partial charge in [0.05, 0.1) is 0 Å². The van der Waals surface area contributed by atoms with Gasteiger partial charge in [0.2, 0.25) is 5.95 Å². The second-order valence-electron chi connectivity index (χ2n) is 3.31. The molecular formula is C8H13BrN4. The summed E-state index contributed by atoms with van der Waals surface area (Å²) in [4.78, 5) is 4.12. The highest BCUT2D eigenvalue weighted by Crippen LogP contribution is 2.23. The first-order chi connectivity index (χ1) is 6.27. The largest absolute Gasteiger partial charge is 0.369 e. The third-order valence-corrected chi connectivity index (χ3v) is 2.82. The zero-order valence-corrected chi connectivity index (χ0v) is 8.92. The van der Waals surface area contributed by atoms with E-state index < -0.39 is 0 Å². The molecule has 0 aromatic carbocycles. The van der Waals surface area contributed by atoms with E-state index in [2.05, 4.69) is 30.8 Å². The maximum atomic E-state index is 5.77. The fraction of sp³-hybridized carbons (Fsp3) is 0.625. The number of nitrogens with one attached hydrogen (secondary N) is 1. The number of rotatable bonds is 1. The molecule has 0 amide bonds. The summed E-state index contributed by atoms with van der Waals surface area (Å²) in [5.74, 6) is 0.610. The predicted octanol–water partition coefficient (Wildman–Crippen LogP) is 1.15. The molecule has 2 rings (SSSR count). The van der Waals surface area contributed by atoms with E-state index >= 15 is 0 Å². The Labute approximate surface area is 85.6 Å². The topological polar surface area (TPSA) is 55.9 Å². The Morgan fingerprint density at radius 3 is 2.77 bits per heavy atom. The van der Waals surface area contributed by atoms with Crippen molar-refractivity contribution in [2.24, 2.45) is 0 Å². The van der Waals surface area contributed by atoms with Crippen molar-refractivity contribution in [3.63, 3.8) is 0 Å². The zero-order valence-electron chi connectivity index (χ0n) is 7.33. The molecule has 1 aliphatic rings. The van der Waals surface area contributed by atoms with Crippen LogP contribution in [0.15, 0.2) is 10.8 Å². The number of nitrogens with two attached hydrogens (primary N) is 1. The van der Waals surface area contributed by atoms with E-state index in [1.54, 1.807) is 0 Å². The van der Waals surface area contributed by atoms with Gasteiger partial charge in [0, 0.05) is 12.2 Å². The molecule has 3 N–H and O–H groups in total. The molecule has 0 bridgehead atoms. The standard InChI is InChI=1S/C8H13BrN4/c9-7-5-13(8(10)12-7)6-1-3-11-4-2-6/h5-6,11H,1-4H2,(H2,10,12). The van der Waals surface area contributed by atoms with E-state index in [0.717, 1.165) is 30.5 Å². The van der Waals surface area contributed by atoms with Gasteiger partial charge in [0.25, 0.3) is 0 Å². The Hall–Kier alpha value is -0.550. The molecule has 0 saturated carbocycles. The van der Waals surface area contributed by atoms with Gasteiger partial charge in [-0.1, -0.05) is 0 Å². The van der Waals surface area contributed by atoms with Crippen molar-refractivity contribution in [1.82, 2.24) is 14.9 Å². The quantitative estimate of drug-likeness (QED) is 0.780. The smallest absolute Gasteiger partial charge is 0.201 e. The van der Waals surface area contributed by atoms with Crippen LogP contribution >= 0.6 is 15.9 Å². The van der Waals surface area contributed by atoms with Crippen LogP contribution in [0, 0.1) is 0 Å². The molecule has 1 fully saturated rings. The monoisotopic (exact) mass is 244 g/mol. The summed E-state index contributed by atoms with van der Waals surface area (Å²) >= 11 is 3.32. The van der Waals surface area contributed by atoms with Crippen LogP contribution in [0.1, 0.15) is 18.9 Å². The van der Waals surface area contributed by atoms with Gasteiger partial charge in [-0.25, -0.2) is 4.98 Å². The fourth-order valence-corrected chi connectivity index (χ4v) is 2.16. The van der Waals surface area contributed by atoms with Crippen molar-refractivity contribution >= 4 is 21.9 Å². The van der Waals surface area contributed by atoms with Crippen LogP contribution in [0.5, 0.6) is 0 Å². The second kappa shape index (κ2) is 3.67. The molecule has 0 aliphatic carbocycles. The number of imidazole rings is 1. The average molecular weight is 245 g/mol. The van der Waals surface area contributed by atoms with E-state index in [4.69, 9.17) is 5.73 Å². The number of piperidine rings is 1. The summed E-state index contributed by atoms with van der Waals surface area (Å²) in [6.45, 7) is 2.14.